The fourth-order valence-electron chi connectivity index (χ4n) is 2.33. The lowest BCUT2D eigenvalue weighted by molar-refractivity contribution is 0.112. The molecule has 0 aromatic heterocycles. The average molecular weight is 268 g/mol. The first kappa shape index (κ1) is 14.3. The van der Waals surface area contributed by atoms with Crippen LogP contribution in [0, 0.1) is 13.8 Å². The van der Waals surface area contributed by atoms with Crippen molar-refractivity contribution >= 4 is 6.29 Å². The van der Waals surface area contributed by atoms with Crippen LogP contribution in [0.4, 0.5) is 0 Å². The van der Waals surface area contributed by atoms with Crippen molar-refractivity contribution in [3.05, 3.63) is 64.2 Å². The van der Waals surface area contributed by atoms with Crippen LogP contribution in [-0.4, -0.2) is 11.4 Å². The molecular formula is C18H20O2. The molecule has 0 spiro atoms. The van der Waals surface area contributed by atoms with Crippen molar-refractivity contribution in [3.63, 3.8) is 0 Å². The van der Waals surface area contributed by atoms with Crippen molar-refractivity contribution in [2.24, 2.45) is 0 Å². The Balaban J connectivity index is 2.53. The van der Waals surface area contributed by atoms with Crippen LogP contribution in [0.5, 0.6) is 5.75 Å². The number of aryl methyl sites for hydroxylation is 2. The van der Waals surface area contributed by atoms with E-state index in [2.05, 4.69) is 45.9 Å². The van der Waals surface area contributed by atoms with E-state index in [0.717, 1.165) is 5.56 Å². The number of rotatable bonds is 3. The molecule has 0 fully saturated rings. The van der Waals surface area contributed by atoms with Crippen LogP contribution in [0.15, 0.2) is 36.4 Å². The Morgan fingerprint density at radius 2 is 1.55 bits per heavy atom. The lowest BCUT2D eigenvalue weighted by Gasteiger charge is -2.27. The van der Waals surface area contributed by atoms with E-state index >= 15 is 0 Å². The molecule has 0 aliphatic rings. The van der Waals surface area contributed by atoms with Crippen molar-refractivity contribution in [3.8, 4) is 5.75 Å². The van der Waals surface area contributed by atoms with E-state index in [1.54, 1.807) is 12.1 Å². The standard InChI is InChI=1S/C18H20O2/c1-12-5-6-15(9-13(12)2)18(3,4)16-7-8-17(20)14(10-16)11-19/h5-11,20H,1-4H3. The molecule has 104 valence electrons. The van der Waals surface area contributed by atoms with Gasteiger partial charge in [0.15, 0.2) is 6.29 Å². The molecule has 0 unspecified atom stereocenters. The van der Waals surface area contributed by atoms with E-state index < -0.39 is 0 Å². The van der Waals surface area contributed by atoms with Crippen LogP contribution >= 0.6 is 0 Å². The lowest BCUT2D eigenvalue weighted by Crippen LogP contribution is -2.19. The highest BCUT2D eigenvalue weighted by molar-refractivity contribution is 5.79. The van der Waals surface area contributed by atoms with Crippen molar-refractivity contribution in [2.45, 2.75) is 33.1 Å². The van der Waals surface area contributed by atoms with Gasteiger partial charge in [-0.15, -0.1) is 0 Å². The molecule has 0 saturated carbocycles. The summed E-state index contributed by atoms with van der Waals surface area (Å²) in [7, 11) is 0. The van der Waals surface area contributed by atoms with Crippen molar-refractivity contribution in [1.29, 1.82) is 0 Å². The molecule has 0 heterocycles. The Hall–Kier alpha value is -2.09. The third-order valence-electron chi connectivity index (χ3n) is 4.10. The summed E-state index contributed by atoms with van der Waals surface area (Å²) < 4.78 is 0. The number of phenolic OH excluding ortho intramolecular Hbond substituents is 1. The van der Waals surface area contributed by atoms with E-state index in [-0.39, 0.29) is 11.2 Å². The largest absolute Gasteiger partial charge is 0.507 e. The van der Waals surface area contributed by atoms with Crippen LogP contribution in [0.25, 0.3) is 0 Å². The molecule has 2 aromatic carbocycles. The van der Waals surface area contributed by atoms with Crippen LogP contribution in [-0.2, 0) is 5.41 Å². The number of aldehydes is 1. The van der Waals surface area contributed by atoms with Gasteiger partial charge in [0.05, 0.1) is 5.56 Å². The summed E-state index contributed by atoms with van der Waals surface area (Å²) in [5.41, 5.74) is 4.85. The summed E-state index contributed by atoms with van der Waals surface area (Å²) in [5, 5.41) is 9.62. The maximum Gasteiger partial charge on any atom is 0.153 e. The molecule has 1 N–H and O–H groups in total. The quantitative estimate of drug-likeness (QED) is 0.849. The molecule has 2 rings (SSSR count). The number of carbonyl (C=O) groups is 1. The zero-order chi connectivity index (χ0) is 14.9. The maximum absolute atomic E-state index is 11.0. The number of hydrogen-bond acceptors (Lipinski definition) is 2. The summed E-state index contributed by atoms with van der Waals surface area (Å²) in [4.78, 5) is 11.0. The molecule has 0 bridgehead atoms. The minimum Gasteiger partial charge on any atom is -0.507 e. The third kappa shape index (κ3) is 2.46. The predicted molar refractivity (Wildman–Crippen MR) is 81.5 cm³/mol. The number of aromatic hydroxyl groups is 1. The Kier molecular flexibility index (Phi) is 3.67. The summed E-state index contributed by atoms with van der Waals surface area (Å²) in [6.45, 7) is 8.44. The summed E-state index contributed by atoms with van der Waals surface area (Å²) in [6.07, 6.45) is 0.690. The molecule has 0 amide bonds. The molecule has 0 radical (unpaired) electrons. The second-order valence-corrected chi connectivity index (χ2v) is 5.82. The summed E-state index contributed by atoms with van der Waals surface area (Å²) in [6, 6.07) is 11.6. The molecule has 0 atom stereocenters. The molecule has 0 saturated heterocycles. The first-order chi connectivity index (χ1) is 9.36. The molecular weight excluding hydrogens is 248 g/mol. The topological polar surface area (TPSA) is 37.3 Å². The van der Waals surface area contributed by atoms with Crippen LogP contribution < -0.4 is 0 Å². The van der Waals surface area contributed by atoms with Gasteiger partial charge < -0.3 is 5.11 Å². The highest BCUT2D eigenvalue weighted by Gasteiger charge is 2.24. The Bertz CT molecular complexity index is 654. The Morgan fingerprint density at radius 3 is 2.15 bits per heavy atom. The van der Waals surface area contributed by atoms with E-state index in [4.69, 9.17) is 0 Å². The first-order valence-electron chi connectivity index (χ1n) is 6.72. The van der Waals surface area contributed by atoms with Crippen LogP contribution in [0.2, 0.25) is 0 Å². The van der Waals surface area contributed by atoms with Gasteiger partial charge in [0.25, 0.3) is 0 Å². The second-order valence-electron chi connectivity index (χ2n) is 5.82. The fraction of sp³-hybridized carbons (Fsp3) is 0.278. The number of hydrogen-bond donors (Lipinski definition) is 1. The number of benzene rings is 2. The van der Waals surface area contributed by atoms with E-state index in [0.29, 0.717) is 11.8 Å². The molecule has 2 aromatic rings. The second kappa shape index (κ2) is 5.12. The van der Waals surface area contributed by atoms with Gasteiger partial charge in [0.2, 0.25) is 0 Å². The zero-order valence-corrected chi connectivity index (χ0v) is 12.4. The molecule has 20 heavy (non-hydrogen) atoms. The number of carbonyl (C=O) groups excluding carboxylic acids is 1. The van der Waals surface area contributed by atoms with Crippen molar-refractivity contribution < 1.29 is 9.90 Å². The zero-order valence-electron chi connectivity index (χ0n) is 12.4. The summed E-state index contributed by atoms with van der Waals surface area (Å²) >= 11 is 0. The highest BCUT2D eigenvalue weighted by atomic mass is 16.3. The third-order valence-corrected chi connectivity index (χ3v) is 4.10. The average Bonchev–Trinajstić information content (AvgIpc) is 2.42. The Morgan fingerprint density at radius 1 is 0.950 bits per heavy atom. The van der Waals surface area contributed by atoms with Gasteiger partial charge in [0.1, 0.15) is 5.75 Å². The van der Waals surface area contributed by atoms with Crippen molar-refractivity contribution in [1.82, 2.24) is 0 Å². The van der Waals surface area contributed by atoms with Gasteiger partial charge in [-0.3, -0.25) is 4.79 Å². The Labute approximate surface area is 120 Å². The first-order valence-corrected chi connectivity index (χ1v) is 6.72. The smallest absolute Gasteiger partial charge is 0.153 e. The summed E-state index contributed by atoms with van der Waals surface area (Å²) in [5.74, 6) is 0.0274. The number of phenols is 1. The fourth-order valence-corrected chi connectivity index (χ4v) is 2.33. The molecule has 2 nitrogen and oxygen atoms in total. The van der Waals surface area contributed by atoms with Crippen LogP contribution in [0.3, 0.4) is 0 Å². The SMILES string of the molecule is Cc1ccc(C(C)(C)c2ccc(O)c(C=O)c2)cc1C. The van der Waals surface area contributed by atoms with Gasteiger partial charge in [-0.25, -0.2) is 0 Å². The van der Waals surface area contributed by atoms with Gasteiger partial charge in [-0.2, -0.15) is 0 Å². The van der Waals surface area contributed by atoms with Gasteiger partial charge >= 0.3 is 0 Å². The van der Waals surface area contributed by atoms with Gasteiger partial charge in [-0.1, -0.05) is 38.1 Å². The molecule has 0 aliphatic carbocycles. The monoisotopic (exact) mass is 268 g/mol. The van der Waals surface area contributed by atoms with Gasteiger partial charge in [-0.05, 0) is 48.2 Å². The minimum absolute atomic E-state index is 0.0274. The van der Waals surface area contributed by atoms with E-state index in [1.165, 1.54) is 16.7 Å². The van der Waals surface area contributed by atoms with E-state index in [1.807, 2.05) is 6.07 Å². The normalized spacial score (nSPS) is 11.4. The van der Waals surface area contributed by atoms with Crippen LogP contribution in [0.1, 0.15) is 46.5 Å². The molecule has 0 aliphatic heterocycles. The maximum atomic E-state index is 11.0. The predicted octanol–water partition coefficient (Wildman–Crippen LogP) is 4.15. The minimum atomic E-state index is -0.218. The van der Waals surface area contributed by atoms with E-state index in [9.17, 15) is 9.90 Å². The van der Waals surface area contributed by atoms with Gasteiger partial charge in [0, 0.05) is 5.41 Å². The highest BCUT2D eigenvalue weighted by Crippen LogP contribution is 2.34. The van der Waals surface area contributed by atoms with Crippen molar-refractivity contribution in [2.75, 3.05) is 0 Å². The molecule has 2 heteroatoms. The lowest BCUT2D eigenvalue weighted by atomic mass is 9.77.